The van der Waals surface area contributed by atoms with Crippen LogP contribution in [0.1, 0.15) is 47.1 Å². The van der Waals surface area contributed by atoms with Gasteiger partial charge < -0.3 is 19.6 Å². The molecule has 0 radical (unpaired) electrons. The smallest absolute Gasteiger partial charge is 0.419 e. The van der Waals surface area contributed by atoms with E-state index in [1.807, 2.05) is 18.2 Å². The third kappa shape index (κ3) is 5.84. The van der Waals surface area contributed by atoms with Crippen LogP contribution < -0.4 is 5.32 Å². The van der Waals surface area contributed by atoms with Crippen LogP contribution in [0.25, 0.3) is 10.9 Å². The Kier molecular flexibility index (Phi) is 6.17. The van der Waals surface area contributed by atoms with Crippen LogP contribution in [0.5, 0.6) is 0 Å². The van der Waals surface area contributed by atoms with Gasteiger partial charge in [0.2, 0.25) is 0 Å². The first-order valence-corrected chi connectivity index (χ1v) is 9.17. The first-order chi connectivity index (χ1) is 12.9. The van der Waals surface area contributed by atoms with Crippen LogP contribution >= 0.6 is 0 Å². The minimum absolute atomic E-state index is 0.221. The van der Waals surface area contributed by atoms with Gasteiger partial charge in [-0.15, -0.1) is 0 Å². The summed E-state index contributed by atoms with van der Waals surface area (Å²) in [5.41, 5.74) is 0.125. The van der Waals surface area contributed by atoms with Gasteiger partial charge in [0.1, 0.15) is 17.5 Å². The van der Waals surface area contributed by atoms with E-state index in [1.165, 1.54) is 4.57 Å². The predicted molar refractivity (Wildman–Crippen MR) is 106 cm³/mol. The first-order valence-electron chi connectivity index (χ1n) is 9.17. The van der Waals surface area contributed by atoms with Gasteiger partial charge in [-0.1, -0.05) is 18.2 Å². The Morgan fingerprint density at radius 3 is 2.25 bits per heavy atom. The van der Waals surface area contributed by atoms with Crippen molar-refractivity contribution in [1.82, 2.24) is 9.88 Å². The van der Waals surface area contributed by atoms with Crippen molar-refractivity contribution in [3.05, 3.63) is 36.0 Å². The predicted octanol–water partition coefficient (Wildman–Crippen LogP) is 4.06. The summed E-state index contributed by atoms with van der Waals surface area (Å²) in [5.74, 6) is 0. The van der Waals surface area contributed by atoms with E-state index in [2.05, 4.69) is 5.32 Å². The summed E-state index contributed by atoms with van der Waals surface area (Å²) in [7, 11) is 0. The number of hydrogen-bond donors (Lipinski definition) is 1. The highest BCUT2D eigenvalue weighted by Gasteiger charge is 2.23. The number of nitrogens with one attached hydrogen (secondary N) is 1. The molecule has 1 heterocycles. The second-order valence-corrected chi connectivity index (χ2v) is 8.61. The molecule has 7 heteroatoms. The number of benzene rings is 1. The summed E-state index contributed by atoms with van der Waals surface area (Å²) in [6.07, 6.45) is 1.35. The molecule has 2 rings (SSSR count). The van der Waals surface area contributed by atoms with E-state index in [9.17, 15) is 14.4 Å². The number of fused-ring (bicyclic) bond motifs is 1. The molecule has 152 valence electrons. The van der Waals surface area contributed by atoms with Gasteiger partial charge in [-0.2, -0.15) is 0 Å². The van der Waals surface area contributed by atoms with Gasteiger partial charge in [0.25, 0.3) is 0 Å². The lowest BCUT2D eigenvalue weighted by Gasteiger charge is -2.21. The number of aromatic nitrogens is 1. The summed E-state index contributed by atoms with van der Waals surface area (Å²) < 4.78 is 12.1. The quantitative estimate of drug-likeness (QED) is 0.798. The monoisotopic (exact) mass is 388 g/mol. The number of carbonyl (C=O) groups excluding carboxylic acids is 3. The van der Waals surface area contributed by atoms with Crippen molar-refractivity contribution in [2.75, 3.05) is 0 Å². The zero-order chi connectivity index (χ0) is 21.1. The molecule has 1 aromatic carbocycles. The number of ether oxygens (including phenoxy) is 2. The van der Waals surface area contributed by atoms with E-state index in [0.717, 1.165) is 10.9 Å². The molecule has 0 fully saturated rings. The maximum Gasteiger partial charge on any atom is 0.419 e. The van der Waals surface area contributed by atoms with Crippen molar-refractivity contribution in [2.45, 2.75) is 65.2 Å². The van der Waals surface area contributed by atoms with E-state index < -0.39 is 29.4 Å². The number of aldehydes is 1. The van der Waals surface area contributed by atoms with Gasteiger partial charge in [-0.05, 0) is 53.2 Å². The van der Waals surface area contributed by atoms with Crippen LogP contribution in [-0.4, -0.2) is 40.3 Å². The average molecular weight is 388 g/mol. The molecule has 0 aliphatic heterocycles. The third-order valence-corrected chi connectivity index (χ3v) is 3.69. The number of carbonyl (C=O) groups is 3. The van der Waals surface area contributed by atoms with Gasteiger partial charge in [0.15, 0.2) is 0 Å². The fourth-order valence-electron chi connectivity index (χ4n) is 2.70. The fraction of sp³-hybridized carbons (Fsp3) is 0.476. The van der Waals surface area contributed by atoms with Crippen LogP contribution in [0.4, 0.5) is 9.59 Å². The zero-order valence-corrected chi connectivity index (χ0v) is 17.2. The molecule has 7 nitrogen and oxygen atoms in total. The van der Waals surface area contributed by atoms with Crippen molar-refractivity contribution in [3.63, 3.8) is 0 Å². The molecule has 1 aromatic heterocycles. The second kappa shape index (κ2) is 8.04. The molecule has 28 heavy (non-hydrogen) atoms. The van der Waals surface area contributed by atoms with Gasteiger partial charge in [0, 0.05) is 18.0 Å². The highest BCUT2D eigenvalue weighted by molar-refractivity contribution is 5.92. The van der Waals surface area contributed by atoms with Gasteiger partial charge in [0.05, 0.1) is 11.6 Å². The van der Waals surface area contributed by atoms with Crippen molar-refractivity contribution in [1.29, 1.82) is 0 Å². The molecule has 0 saturated carbocycles. The molecule has 1 atom stereocenters. The minimum atomic E-state index is -0.784. The first kappa shape index (κ1) is 21.5. The Morgan fingerprint density at radius 2 is 1.68 bits per heavy atom. The summed E-state index contributed by atoms with van der Waals surface area (Å²) >= 11 is 0. The van der Waals surface area contributed by atoms with E-state index in [1.54, 1.807) is 53.8 Å². The maximum absolute atomic E-state index is 12.6. The molecule has 1 amide bonds. The highest BCUT2D eigenvalue weighted by atomic mass is 16.6. The minimum Gasteiger partial charge on any atom is -0.444 e. The molecule has 2 aromatic rings. The van der Waals surface area contributed by atoms with Crippen LogP contribution in [0.15, 0.2) is 30.5 Å². The van der Waals surface area contributed by atoms with Crippen LogP contribution in [0, 0.1) is 0 Å². The number of nitrogens with zero attached hydrogens (tertiary/aromatic N) is 1. The van der Waals surface area contributed by atoms with Crippen molar-refractivity contribution in [2.24, 2.45) is 0 Å². The third-order valence-electron chi connectivity index (χ3n) is 3.69. The van der Waals surface area contributed by atoms with Gasteiger partial charge in [-0.3, -0.25) is 4.57 Å². The number of amides is 1. The topological polar surface area (TPSA) is 86.6 Å². The number of rotatable bonds is 4. The van der Waals surface area contributed by atoms with E-state index in [0.29, 0.717) is 11.8 Å². The molecule has 0 spiro atoms. The Morgan fingerprint density at radius 1 is 1.07 bits per heavy atom. The van der Waals surface area contributed by atoms with Crippen molar-refractivity contribution >= 4 is 29.4 Å². The fourth-order valence-corrected chi connectivity index (χ4v) is 2.70. The molecule has 1 unspecified atom stereocenters. The average Bonchev–Trinajstić information content (AvgIpc) is 2.90. The summed E-state index contributed by atoms with van der Waals surface area (Å²) in [6.45, 7) is 10.6. The lowest BCUT2D eigenvalue weighted by molar-refractivity contribution is -0.109. The largest absolute Gasteiger partial charge is 0.444 e. The Balaban J connectivity index is 2.28. The summed E-state index contributed by atoms with van der Waals surface area (Å²) in [6, 6.07) is 6.56. The van der Waals surface area contributed by atoms with Crippen LogP contribution in [-0.2, 0) is 20.7 Å². The summed E-state index contributed by atoms with van der Waals surface area (Å²) in [4.78, 5) is 36.0. The number of alkyl carbamates (subject to hydrolysis) is 1. The molecule has 0 aliphatic rings. The zero-order valence-electron chi connectivity index (χ0n) is 17.2. The van der Waals surface area contributed by atoms with Crippen LogP contribution in [0.3, 0.4) is 0 Å². The molecule has 0 bridgehead atoms. The Labute approximate surface area is 165 Å². The van der Waals surface area contributed by atoms with E-state index in [4.69, 9.17) is 9.47 Å². The van der Waals surface area contributed by atoms with E-state index >= 15 is 0 Å². The summed E-state index contributed by atoms with van der Waals surface area (Å²) in [5, 5.41) is 3.37. The molecule has 0 aliphatic carbocycles. The molecular formula is C21H28N2O5. The van der Waals surface area contributed by atoms with Gasteiger partial charge in [-0.25, -0.2) is 9.59 Å². The van der Waals surface area contributed by atoms with Crippen molar-refractivity contribution < 1.29 is 23.9 Å². The molecule has 1 N–H and O–H groups in total. The Bertz CT molecular complexity index is 871. The second-order valence-electron chi connectivity index (χ2n) is 8.61. The van der Waals surface area contributed by atoms with Gasteiger partial charge >= 0.3 is 12.2 Å². The lowest BCUT2D eigenvalue weighted by Crippen LogP contribution is -2.41. The van der Waals surface area contributed by atoms with Crippen LogP contribution in [0.2, 0.25) is 0 Å². The standard InChI is InChI=1S/C21H28N2O5/c1-20(2,3)27-18(25)22-15(13-24)11-14-12-23(19(26)28-21(4,5)6)17-10-8-7-9-16(14)17/h7-10,12-13,15H,11H2,1-6H3,(H,22,25). The highest BCUT2D eigenvalue weighted by Crippen LogP contribution is 2.24. The molecular weight excluding hydrogens is 360 g/mol. The van der Waals surface area contributed by atoms with Crippen molar-refractivity contribution in [3.8, 4) is 0 Å². The molecule has 0 saturated heterocycles. The normalized spacial score (nSPS) is 13.1. The lowest BCUT2D eigenvalue weighted by atomic mass is 10.1. The SMILES string of the molecule is CC(C)(C)OC(=O)NC(C=O)Cc1cn(C(=O)OC(C)(C)C)c2ccccc12. The van der Waals surface area contributed by atoms with E-state index in [-0.39, 0.29) is 6.42 Å². The number of para-hydroxylation sites is 1. The Hall–Kier alpha value is -2.83. The maximum atomic E-state index is 12.6. The number of hydrogen-bond acceptors (Lipinski definition) is 5.